The minimum absolute atomic E-state index is 0.297. The summed E-state index contributed by atoms with van der Waals surface area (Å²) in [5.41, 5.74) is 2.80. The van der Waals surface area contributed by atoms with E-state index in [1.165, 1.54) is 6.42 Å². The van der Waals surface area contributed by atoms with E-state index in [-0.39, 0.29) is 0 Å². The molecule has 0 spiro atoms. The van der Waals surface area contributed by atoms with Crippen LogP contribution in [0, 0.1) is 11.3 Å². The van der Waals surface area contributed by atoms with Crippen molar-refractivity contribution in [1.82, 2.24) is 0 Å². The Labute approximate surface area is 145 Å². The number of nitriles is 1. The Balaban J connectivity index is 1.83. The highest BCUT2D eigenvalue weighted by Crippen LogP contribution is 2.33. The van der Waals surface area contributed by atoms with Crippen LogP contribution in [0.5, 0.6) is 11.5 Å². The van der Waals surface area contributed by atoms with Crippen LogP contribution < -0.4 is 9.47 Å². The SMILES string of the molecule is COc1ccc(Cc2cc(Br)c(OC3CCC3)cc2C#N)cc1. The molecule has 0 aliphatic heterocycles. The van der Waals surface area contributed by atoms with Gasteiger partial charge in [-0.1, -0.05) is 12.1 Å². The number of methoxy groups -OCH3 is 1. The molecule has 1 aliphatic rings. The third-order valence-corrected chi connectivity index (χ3v) is 4.80. The molecule has 0 saturated heterocycles. The summed E-state index contributed by atoms with van der Waals surface area (Å²) in [6.45, 7) is 0. The van der Waals surface area contributed by atoms with Gasteiger partial charge in [0.2, 0.25) is 0 Å². The van der Waals surface area contributed by atoms with Gasteiger partial charge in [-0.2, -0.15) is 5.26 Å². The fraction of sp³-hybridized carbons (Fsp3) is 0.316. The van der Waals surface area contributed by atoms with E-state index in [1.807, 2.05) is 36.4 Å². The zero-order valence-electron chi connectivity index (χ0n) is 13.0. The van der Waals surface area contributed by atoms with Crippen molar-refractivity contribution in [3.05, 3.63) is 57.6 Å². The third-order valence-electron chi connectivity index (χ3n) is 4.18. The average molecular weight is 372 g/mol. The number of ether oxygens (including phenoxy) is 2. The normalized spacial score (nSPS) is 14.0. The molecule has 3 nitrogen and oxygen atoms in total. The van der Waals surface area contributed by atoms with Crippen LogP contribution in [0.3, 0.4) is 0 Å². The van der Waals surface area contributed by atoms with Gasteiger partial charge in [0.05, 0.1) is 29.3 Å². The second-order valence-corrected chi connectivity index (χ2v) is 6.60. The molecule has 1 saturated carbocycles. The van der Waals surface area contributed by atoms with Gasteiger partial charge in [-0.05, 0) is 77.0 Å². The average Bonchev–Trinajstić information content (AvgIpc) is 2.53. The van der Waals surface area contributed by atoms with E-state index < -0.39 is 0 Å². The van der Waals surface area contributed by atoms with Crippen molar-refractivity contribution in [2.75, 3.05) is 7.11 Å². The summed E-state index contributed by atoms with van der Waals surface area (Å²) < 4.78 is 12.0. The lowest BCUT2D eigenvalue weighted by Crippen LogP contribution is -2.24. The van der Waals surface area contributed by atoms with Gasteiger partial charge in [0.25, 0.3) is 0 Å². The van der Waals surface area contributed by atoms with Crippen molar-refractivity contribution < 1.29 is 9.47 Å². The van der Waals surface area contributed by atoms with Crippen LogP contribution in [0.2, 0.25) is 0 Å². The summed E-state index contributed by atoms with van der Waals surface area (Å²) in [4.78, 5) is 0. The summed E-state index contributed by atoms with van der Waals surface area (Å²) in [7, 11) is 1.65. The highest BCUT2D eigenvalue weighted by Gasteiger charge is 2.21. The maximum atomic E-state index is 9.46. The van der Waals surface area contributed by atoms with Gasteiger partial charge in [-0.25, -0.2) is 0 Å². The molecule has 0 radical (unpaired) electrons. The van der Waals surface area contributed by atoms with Gasteiger partial charge >= 0.3 is 0 Å². The van der Waals surface area contributed by atoms with Crippen molar-refractivity contribution in [3.8, 4) is 17.6 Å². The maximum absolute atomic E-state index is 9.46. The largest absolute Gasteiger partial charge is 0.497 e. The summed E-state index contributed by atoms with van der Waals surface area (Å²) >= 11 is 3.57. The van der Waals surface area contributed by atoms with Crippen molar-refractivity contribution >= 4 is 15.9 Å². The first kappa shape index (κ1) is 15.9. The molecule has 0 heterocycles. The van der Waals surface area contributed by atoms with E-state index in [0.29, 0.717) is 18.1 Å². The maximum Gasteiger partial charge on any atom is 0.135 e. The van der Waals surface area contributed by atoms with Crippen LogP contribution in [0.15, 0.2) is 40.9 Å². The number of hydrogen-bond acceptors (Lipinski definition) is 3. The number of benzene rings is 2. The van der Waals surface area contributed by atoms with Gasteiger partial charge in [-0.3, -0.25) is 0 Å². The van der Waals surface area contributed by atoms with E-state index in [2.05, 4.69) is 22.0 Å². The molecule has 0 bridgehead atoms. The van der Waals surface area contributed by atoms with E-state index in [4.69, 9.17) is 9.47 Å². The molecule has 1 fully saturated rings. The molecular formula is C19H18BrNO2. The molecule has 0 atom stereocenters. The van der Waals surface area contributed by atoms with Crippen molar-refractivity contribution in [2.45, 2.75) is 31.8 Å². The summed E-state index contributed by atoms with van der Waals surface area (Å²) in [5.74, 6) is 1.60. The Hall–Kier alpha value is -1.99. The first-order valence-electron chi connectivity index (χ1n) is 7.71. The Bertz CT molecular complexity index is 730. The van der Waals surface area contributed by atoms with Crippen LogP contribution in [0.25, 0.3) is 0 Å². The lowest BCUT2D eigenvalue weighted by atomic mass is 9.96. The fourth-order valence-corrected chi connectivity index (χ4v) is 3.05. The summed E-state index contributed by atoms with van der Waals surface area (Å²) in [6.07, 6.45) is 4.42. The number of rotatable bonds is 5. The molecule has 0 amide bonds. The molecule has 1 aliphatic carbocycles. The summed E-state index contributed by atoms with van der Waals surface area (Å²) in [5, 5.41) is 9.46. The van der Waals surface area contributed by atoms with Gasteiger partial charge in [0, 0.05) is 0 Å². The van der Waals surface area contributed by atoms with Gasteiger partial charge in [-0.15, -0.1) is 0 Å². The molecule has 0 aromatic heterocycles. The predicted molar refractivity (Wildman–Crippen MR) is 92.9 cm³/mol. The number of nitrogens with zero attached hydrogens (tertiary/aromatic N) is 1. The van der Waals surface area contributed by atoms with Crippen molar-refractivity contribution in [3.63, 3.8) is 0 Å². The van der Waals surface area contributed by atoms with E-state index in [1.54, 1.807) is 7.11 Å². The fourth-order valence-electron chi connectivity index (χ4n) is 2.57. The Morgan fingerprint density at radius 3 is 2.52 bits per heavy atom. The van der Waals surface area contributed by atoms with Gasteiger partial charge in [0.1, 0.15) is 11.5 Å². The Kier molecular flexibility index (Phi) is 4.88. The van der Waals surface area contributed by atoms with Gasteiger partial charge < -0.3 is 9.47 Å². The minimum Gasteiger partial charge on any atom is -0.497 e. The van der Waals surface area contributed by atoms with Crippen molar-refractivity contribution in [1.29, 1.82) is 5.26 Å². The van der Waals surface area contributed by atoms with Crippen molar-refractivity contribution in [2.24, 2.45) is 0 Å². The molecule has 4 heteroatoms. The first-order chi connectivity index (χ1) is 11.2. The second-order valence-electron chi connectivity index (χ2n) is 5.75. The third kappa shape index (κ3) is 3.68. The molecule has 3 rings (SSSR count). The molecule has 0 N–H and O–H groups in total. The number of hydrogen-bond donors (Lipinski definition) is 0. The van der Waals surface area contributed by atoms with Crippen LogP contribution in [-0.2, 0) is 6.42 Å². The van der Waals surface area contributed by atoms with Crippen LogP contribution >= 0.6 is 15.9 Å². The molecule has 23 heavy (non-hydrogen) atoms. The standard InChI is InChI=1S/C19H18BrNO2/c1-22-16-7-5-13(6-8-16)9-14-10-18(20)19(11-15(14)12-21)23-17-3-2-4-17/h5-8,10-11,17H,2-4,9H2,1H3. The monoisotopic (exact) mass is 371 g/mol. The lowest BCUT2D eigenvalue weighted by molar-refractivity contribution is 0.119. The van der Waals surface area contributed by atoms with Gasteiger partial charge in [0.15, 0.2) is 0 Å². The van der Waals surface area contributed by atoms with E-state index in [9.17, 15) is 5.26 Å². The molecule has 118 valence electrons. The quantitative estimate of drug-likeness (QED) is 0.753. The van der Waals surface area contributed by atoms with E-state index in [0.717, 1.165) is 39.9 Å². The van der Waals surface area contributed by atoms with Crippen LogP contribution in [0.4, 0.5) is 0 Å². The zero-order valence-corrected chi connectivity index (χ0v) is 14.6. The highest BCUT2D eigenvalue weighted by molar-refractivity contribution is 9.10. The van der Waals surface area contributed by atoms with Crippen LogP contribution in [-0.4, -0.2) is 13.2 Å². The predicted octanol–water partition coefficient (Wildman–Crippen LogP) is 4.85. The smallest absolute Gasteiger partial charge is 0.135 e. The molecule has 2 aromatic rings. The molecule has 0 unspecified atom stereocenters. The topological polar surface area (TPSA) is 42.2 Å². The Morgan fingerprint density at radius 2 is 1.96 bits per heavy atom. The van der Waals surface area contributed by atoms with Crippen LogP contribution in [0.1, 0.15) is 36.0 Å². The first-order valence-corrected chi connectivity index (χ1v) is 8.51. The number of halogens is 1. The lowest BCUT2D eigenvalue weighted by Gasteiger charge is -2.27. The second kappa shape index (κ2) is 7.06. The Morgan fingerprint density at radius 1 is 1.22 bits per heavy atom. The highest BCUT2D eigenvalue weighted by atomic mass is 79.9. The molecule has 2 aromatic carbocycles. The minimum atomic E-state index is 0.297. The zero-order chi connectivity index (χ0) is 16.2. The molecular weight excluding hydrogens is 354 g/mol. The van der Waals surface area contributed by atoms with E-state index >= 15 is 0 Å². The summed E-state index contributed by atoms with van der Waals surface area (Å²) in [6, 6.07) is 14.0.